The van der Waals surface area contributed by atoms with Crippen molar-refractivity contribution in [1.29, 1.82) is 0 Å². The highest BCUT2D eigenvalue weighted by Crippen LogP contribution is 2.14. The van der Waals surface area contributed by atoms with Gasteiger partial charge in [0.25, 0.3) is 0 Å². The molecule has 0 radical (unpaired) electrons. The van der Waals surface area contributed by atoms with E-state index in [9.17, 15) is 18.3 Å². The molecule has 0 saturated heterocycles. The first kappa shape index (κ1) is 17.6. The number of hydrogen-bond donors (Lipinski definition) is 3. The van der Waals surface area contributed by atoms with Crippen molar-refractivity contribution < 1.29 is 23.4 Å². The van der Waals surface area contributed by atoms with Crippen LogP contribution in [-0.2, 0) is 21.2 Å². The zero-order chi connectivity index (χ0) is 16.1. The van der Waals surface area contributed by atoms with E-state index in [0.29, 0.717) is 0 Å². The van der Waals surface area contributed by atoms with Crippen molar-refractivity contribution >= 4 is 16.0 Å². The predicted octanol–water partition coefficient (Wildman–Crippen LogP) is 1.14. The van der Waals surface area contributed by atoms with Gasteiger partial charge in [-0.05, 0) is 31.0 Å². The number of aliphatic carboxylic acids is 1. The second kappa shape index (κ2) is 7.02. The zero-order valence-electron chi connectivity index (χ0n) is 12.2. The summed E-state index contributed by atoms with van der Waals surface area (Å²) in [6.07, 6.45) is 1.31. The molecule has 6 nitrogen and oxygen atoms in total. The van der Waals surface area contributed by atoms with Crippen LogP contribution in [0.4, 0.5) is 0 Å². The number of carboxylic acid groups (broad SMARTS) is 1. The molecule has 7 heteroatoms. The molecular weight excluding hydrogens is 294 g/mol. The molecule has 0 bridgehead atoms. The number of aryl methyl sites for hydroxylation is 1. The van der Waals surface area contributed by atoms with E-state index in [1.807, 2.05) is 6.92 Å². The molecule has 1 atom stereocenters. The molecule has 0 aliphatic heterocycles. The van der Waals surface area contributed by atoms with Crippen molar-refractivity contribution in [2.45, 2.75) is 43.6 Å². The molecule has 0 aliphatic rings. The number of rotatable bonds is 8. The van der Waals surface area contributed by atoms with E-state index < -0.39 is 28.0 Å². The summed E-state index contributed by atoms with van der Waals surface area (Å²) in [5.41, 5.74) is -0.588. The van der Waals surface area contributed by atoms with Crippen LogP contribution in [0.2, 0.25) is 0 Å². The van der Waals surface area contributed by atoms with Crippen molar-refractivity contribution in [3.8, 4) is 0 Å². The van der Waals surface area contributed by atoms with Gasteiger partial charge in [0.1, 0.15) is 0 Å². The van der Waals surface area contributed by atoms with Crippen LogP contribution in [0.5, 0.6) is 0 Å². The van der Waals surface area contributed by atoms with Crippen LogP contribution in [0.1, 0.15) is 32.3 Å². The molecular formula is C14H21NO5S. The monoisotopic (exact) mass is 315 g/mol. The van der Waals surface area contributed by atoms with E-state index in [0.717, 1.165) is 18.4 Å². The molecule has 0 spiro atoms. The lowest BCUT2D eigenvalue weighted by Crippen LogP contribution is -2.42. The average molecular weight is 315 g/mol. The molecule has 3 N–H and O–H groups in total. The van der Waals surface area contributed by atoms with Crippen LogP contribution in [-0.4, -0.2) is 36.7 Å². The van der Waals surface area contributed by atoms with E-state index in [4.69, 9.17) is 5.11 Å². The molecule has 1 rings (SSSR count). The topological polar surface area (TPSA) is 104 Å². The van der Waals surface area contributed by atoms with Gasteiger partial charge in [0.2, 0.25) is 10.0 Å². The number of aliphatic hydroxyl groups is 1. The highest BCUT2D eigenvalue weighted by Gasteiger charge is 2.26. The molecule has 1 unspecified atom stereocenters. The number of sulfonamides is 1. The molecule has 0 aliphatic carbocycles. The van der Waals surface area contributed by atoms with E-state index in [-0.39, 0.29) is 11.4 Å². The van der Waals surface area contributed by atoms with Crippen LogP contribution < -0.4 is 4.72 Å². The molecule has 0 saturated carbocycles. The molecule has 1 aromatic rings. The van der Waals surface area contributed by atoms with Crippen LogP contribution in [0, 0.1) is 0 Å². The Kier molecular flexibility index (Phi) is 5.88. The summed E-state index contributed by atoms with van der Waals surface area (Å²) in [7, 11) is -3.76. The van der Waals surface area contributed by atoms with Gasteiger partial charge in [-0.2, -0.15) is 0 Å². The van der Waals surface area contributed by atoms with Gasteiger partial charge in [0, 0.05) is 6.54 Å². The standard InChI is InChI=1S/C14H21NO5S/c1-3-4-11-5-7-12(8-6-11)21(19,20)15-10-14(2,18)9-13(16)17/h5-8,15,18H,3-4,9-10H2,1-2H3,(H,16,17). The fourth-order valence-corrected chi connectivity index (χ4v) is 3.01. The third-order valence-electron chi connectivity index (χ3n) is 2.95. The highest BCUT2D eigenvalue weighted by atomic mass is 32.2. The molecule has 1 aromatic carbocycles. The maximum absolute atomic E-state index is 12.1. The Bertz CT molecular complexity index is 578. The lowest BCUT2D eigenvalue weighted by Gasteiger charge is -2.21. The molecule has 0 heterocycles. The number of hydrogen-bond acceptors (Lipinski definition) is 4. The van der Waals surface area contributed by atoms with Crippen molar-refractivity contribution in [3.05, 3.63) is 29.8 Å². The quantitative estimate of drug-likeness (QED) is 0.667. The first-order chi connectivity index (χ1) is 9.66. The van der Waals surface area contributed by atoms with E-state index in [1.165, 1.54) is 19.1 Å². The van der Waals surface area contributed by atoms with Crippen molar-refractivity contribution in [1.82, 2.24) is 4.72 Å². The van der Waals surface area contributed by atoms with Gasteiger partial charge in [-0.1, -0.05) is 25.5 Å². The second-order valence-electron chi connectivity index (χ2n) is 5.29. The van der Waals surface area contributed by atoms with E-state index in [2.05, 4.69) is 4.72 Å². The number of nitrogens with one attached hydrogen (secondary N) is 1. The lowest BCUT2D eigenvalue weighted by molar-refractivity contribution is -0.141. The highest BCUT2D eigenvalue weighted by molar-refractivity contribution is 7.89. The summed E-state index contributed by atoms with van der Waals surface area (Å²) in [5, 5.41) is 18.4. The van der Waals surface area contributed by atoms with E-state index in [1.54, 1.807) is 12.1 Å². The third-order valence-corrected chi connectivity index (χ3v) is 4.36. The fraction of sp³-hybridized carbons (Fsp3) is 0.500. The summed E-state index contributed by atoms with van der Waals surface area (Å²) in [5.74, 6) is -1.19. The Labute approximate surface area is 124 Å². The zero-order valence-corrected chi connectivity index (χ0v) is 13.0. The molecule has 118 valence electrons. The van der Waals surface area contributed by atoms with Gasteiger partial charge in [-0.3, -0.25) is 4.79 Å². The largest absolute Gasteiger partial charge is 0.481 e. The minimum Gasteiger partial charge on any atom is -0.481 e. The van der Waals surface area contributed by atoms with Crippen LogP contribution in [0.25, 0.3) is 0 Å². The average Bonchev–Trinajstić information content (AvgIpc) is 2.36. The van der Waals surface area contributed by atoms with Crippen molar-refractivity contribution in [3.63, 3.8) is 0 Å². The normalized spacial score (nSPS) is 14.6. The molecule has 21 heavy (non-hydrogen) atoms. The van der Waals surface area contributed by atoms with Gasteiger partial charge >= 0.3 is 5.97 Å². The Balaban J connectivity index is 2.75. The predicted molar refractivity (Wildman–Crippen MR) is 78.5 cm³/mol. The summed E-state index contributed by atoms with van der Waals surface area (Å²) in [6.45, 7) is 2.95. The van der Waals surface area contributed by atoms with Gasteiger partial charge in [-0.15, -0.1) is 0 Å². The van der Waals surface area contributed by atoms with Crippen LogP contribution in [0.15, 0.2) is 29.2 Å². The van der Waals surface area contributed by atoms with Gasteiger partial charge < -0.3 is 10.2 Å². The second-order valence-corrected chi connectivity index (χ2v) is 7.05. The maximum atomic E-state index is 12.1. The van der Waals surface area contributed by atoms with E-state index >= 15 is 0 Å². The summed E-state index contributed by atoms with van der Waals surface area (Å²) < 4.78 is 26.4. The van der Waals surface area contributed by atoms with Crippen molar-refractivity contribution in [2.24, 2.45) is 0 Å². The molecule has 0 fully saturated rings. The smallest absolute Gasteiger partial charge is 0.306 e. The molecule has 0 amide bonds. The van der Waals surface area contributed by atoms with Crippen LogP contribution in [0.3, 0.4) is 0 Å². The maximum Gasteiger partial charge on any atom is 0.306 e. The number of benzene rings is 1. The first-order valence-corrected chi connectivity index (χ1v) is 8.17. The van der Waals surface area contributed by atoms with Crippen molar-refractivity contribution in [2.75, 3.05) is 6.54 Å². The minimum absolute atomic E-state index is 0.0912. The Morgan fingerprint density at radius 1 is 1.29 bits per heavy atom. The Hall–Kier alpha value is -1.44. The summed E-state index contributed by atoms with van der Waals surface area (Å²) in [6, 6.07) is 6.49. The third kappa shape index (κ3) is 5.82. The summed E-state index contributed by atoms with van der Waals surface area (Å²) >= 11 is 0. The summed E-state index contributed by atoms with van der Waals surface area (Å²) in [4.78, 5) is 10.7. The fourth-order valence-electron chi connectivity index (χ4n) is 1.85. The SMILES string of the molecule is CCCc1ccc(S(=O)(=O)NCC(C)(O)CC(=O)O)cc1. The van der Waals surface area contributed by atoms with Crippen LogP contribution >= 0.6 is 0 Å². The Morgan fingerprint density at radius 2 is 1.86 bits per heavy atom. The number of carbonyl (C=O) groups is 1. The Morgan fingerprint density at radius 3 is 2.33 bits per heavy atom. The first-order valence-electron chi connectivity index (χ1n) is 6.69. The van der Waals surface area contributed by atoms with Gasteiger partial charge in [0.05, 0.1) is 16.9 Å². The lowest BCUT2D eigenvalue weighted by atomic mass is 10.0. The minimum atomic E-state index is -3.76. The molecule has 0 aromatic heterocycles. The van der Waals surface area contributed by atoms with Gasteiger partial charge in [-0.25, -0.2) is 13.1 Å². The van der Waals surface area contributed by atoms with Gasteiger partial charge in [0.15, 0.2) is 0 Å². The number of carboxylic acids is 1.